The summed E-state index contributed by atoms with van der Waals surface area (Å²) in [5.41, 5.74) is 3.75. The first-order chi connectivity index (χ1) is 14.2. The molecule has 4 aromatic rings. The van der Waals surface area contributed by atoms with E-state index in [1.165, 1.54) is 20.9 Å². The Balaban J connectivity index is 1.56. The molecule has 0 saturated heterocycles. The number of nitrogens with zero attached hydrogens (tertiary/aromatic N) is 3. The molecule has 0 radical (unpaired) electrons. The summed E-state index contributed by atoms with van der Waals surface area (Å²) in [7, 11) is 6.07. The van der Waals surface area contributed by atoms with Gasteiger partial charge in [0.25, 0.3) is 0 Å². The average Bonchev–Trinajstić information content (AvgIpc) is 3.21. The van der Waals surface area contributed by atoms with E-state index in [0.717, 1.165) is 35.4 Å². The van der Waals surface area contributed by atoms with Crippen LogP contribution >= 0.6 is 11.3 Å². The first-order valence-corrected chi connectivity index (χ1v) is 10.5. The van der Waals surface area contributed by atoms with Crippen molar-refractivity contribution in [2.24, 2.45) is 0 Å². The summed E-state index contributed by atoms with van der Waals surface area (Å²) in [5, 5.41) is 17.4. The van der Waals surface area contributed by atoms with E-state index in [4.69, 9.17) is 0 Å². The lowest BCUT2D eigenvalue weighted by Crippen LogP contribution is -2.08. The standard InChI is InChI=1S/C23H25N5S/c1-24-13-16-6-4-5-7-20(16)22-11-10-19(29-22)15-25-23-21-12-18(28(2)3)9-8-17(21)14-26-27-23/h4-12,14,24H,13,15H2,1-3H3,(H,25,27). The molecule has 5 nitrogen and oxygen atoms in total. The van der Waals surface area contributed by atoms with E-state index in [1.54, 1.807) is 0 Å². The van der Waals surface area contributed by atoms with E-state index in [9.17, 15) is 0 Å². The quantitative estimate of drug-likeness (QED) is 0.466. The van der Waals surface area contributed by atoms with Crippen LogP contribution in [0, 0.1) is 0 Å². The third-order valence-electron chi connectivity index (χ3n) is 4.90. The van der Waals surface area contributed by atoms with Crippen LogP contribution in [0.25, 0.3) is 21.2 Å². The molecule has 4 rings (SSSR count). The van der Waals surface area contributed by atoms with Crippen molar-refractivity contribution in [3.63, 3.8) is 0 Å². The lowest BCUT2D eigenvalue weighted by molar-refractivity contribution is 0.820. The fourth-order valence-electron chi connectivity index (χ4n) is 3.37. The Bertz CT molecular complexity index is 1120. The second-order valence-electron chi connectivity index (χ2n) is 7.17. The maximum atomic E-state index is 4.34. The summed E-state index contributed by atoms with van der Waals surface area (Å²) in [5.74, 6) is 0.816. The summed E-state index contributed by atoms with van der Waals surface area (Å²) < 4.78 is 0. The molecule has 0 spiro atoms. The second-order valence-corrected chi connectivity index (χ2v) is 8.33. The first kappa shape index (κ1) is 19.4. The van der Waals surface area contributed by atoms with Crippen LogP contribution < -0.4 is 15.5 Å². The molecule has 0 saturated carbocycles. The van der Waals surface area contributed by atoms with Gasteiger partial charge >= 0.3 is 0 Å². The Hall–Kier alpha value is -2.96. The number of hydrogen-bond donors (Lipinski definition) is 2. The molecule has 2 N–H and O–H groups in total. The molecular formula is C23H25N5S. The van der Waals surface area contributed by atoms with Gasteiger partial charge in [0.05, 0.1) is 12.7 Å². The van der Waals surface area contributed by atoms with Gasteiger partial charge in [-0.3, -0.25) is 0 Å². The van der Waals surface area contributed by atoms with Crippen LogP contribution in [0.2, 0.25) is 0 Å². The Morgan fingerprint density at radius 2 is 1.86 bits per heavy atom. The van der Waals surface area contributed by atoms with Crippen LogP contribution in [0.15, 0.2) is 60.8 Å². The molecule has 0 fully saturated rings. The Morgan fingerprint density at radius 3 is 2.69 bits per heavy atom. The van der Waals surface area contributed by atoms with Crippen molar-refractivity contribution in [2.45, 2.75) is 13.1 Å². The summed E-state index contributed by atoms with van der Waals surface area (Å²) in [6.07, 6.45) is 1.81. The largest absolute Gasteiger partial charge is 0.378 e. The zero-order valence-electron chi connectivity index (χ0n) is 16.9. The number of fused-ring (bicyclic) bond motifs is 1. The molecule has 0 unspecified atom stereocenters. The molecule has 2 heterocycles. The number of nitrogens with one attached hydrogen (secondary N) is 2. The monoisotopic (exact) mass is 403 g/mol. The normalized spacial score (nSPS) is 11.0. The van der Waals surface area contributed by atoms with Crippen molar-refractivity contribution >= 4 is 33.6 Å². The number of aromatic nitrogens is 2. The highest BCUT2D eigenvalue weighted by molar-refractivity contribution is 7.15. The smallest absolute Gasteiger partial charge is 0.156 e. The predicted octanol–water partition coefficient (Wildman–Crippen LogP) is 4.76. The zero-order chi connectivity index (χ0) is 20.2. The lowest BCUT2D eigenvalue weighted by Gasteiger charge is -2.14. The van der Waals surface area contributed by atoms with Gasteiger partial charge in [-0.1, -0.05) is 30.3 Å². The molecule has 0 bridgehead atoms. The van der Waals surface area contributed by atoms with E-state index in [0.29, 0.717) is 0 Å². The Kier molecular flexibility index (Phi) is 5.74. The zero-order valence-corrected chi connectivity index (χ0v) is 17.8. The number of thiophene rings is 1. The maximum Gasteiger partial charge on any atom is 0.156 e. The highest BCUT2D eigenvalue weighted by atomic mass is 32.1. The SMILES string of the molecule is CNCc1ccccc1-c1ccc(CNc2nncc3ccc(N(C)C)cc23)s1. The van der Waals surface area contributed by atoms with Crippen LogP contribution in [0.4, 0.5) is 11.5 Å². The van der Waals surface area contributed by atoms with Gasteiger partial charge in [-0.05, 0) is 42.4 Å². The molecule has 0 amide bonds. The third kappa shape index (κ3) is 4.23. The molecular weight excluding hydrogens is 378 g/mol. The van der Waals surface area contributed by atoms with Crippen LogP contribution in [0.3, 0.4) is 0 Å². The van der Waals surface area contributed by atoms with Gasteiger partial charge in [-0.2, -0.15) is 5.10 Å². The van der Waals surface area contributed by atoms with E-state index in [1.807, 2.05) is 38.7 Å². The highest BCUT2D eigenvalue weighted by Gasteiger charge is 2.09. The van der Waals surface area contributed by atoms with Crippen molar-refractivity contribution in [3.05, 3.63) is 71.2 Å². The van der Waals surface area contributed by atoms with Crippen molar-refractivity contribution in [1.82, 2.24) is 15.5 Å². The van der Waals surface area contributed by atoms with E-state index < -0.39 is 0 Å². The maximum absolute atomic E-state index is 4.34. The fourth-order valence-corrected chi connectivity index (χ4v) is 4.38. The third-order valence-corrected chi connectivity index (χ3v) is 6.02. The van der Waals surface area contributed by atoms with Crippen LogP contribution in [-0.4, -0.2) is 31.3 Å². The summed E-state index contributed by atoms with van der Waals surface area (Å²) in [6.45, 7) is 1.58. The van der Waals surface area contributed by atoms with Crippen LogP contribution in [0.5, 0.6) is 0 Å². The van der Waals surface area contributed by atoms with Gasteiger partial charge in [0.2, 0.25) is 0 Å². The van der Waals surface area contributed by atoms with E-state index >= 15 is 0 Å². The summed E-state index contributed by atoms with van der Waals surface area (Å²) in [6, 6.07) is 19.3. The van der Waals surface area contributed by atoms with E-state index in [-0.39, 0.29) is 0 Å². The number of anilines is 2. The van der Waals surface area contributed by atoms with Crippen molar-refractivity contribution in [2.75, 3.05) is 31.4 Å². The molecule has 6 heteroatoms. The molecule has 0 aliphatic heterocycles. The fraction of sp³-hybridized carbons (Fsp3) is 0.217. The molecule has 2 aromatic carbocycles. The molecule has 148 valence electrons. The summed E-state index contributed by atoms with van der Waals surface area (Å²) >= 11 is 1.81. The van der Waals surface area contributed by atoms with Gasteiger partial charge in [0, 0.05) is 46.9 Å². The number of benzene rings is 2. The number of rotatable bonds is 7. The molecule has 0 aliphatic rings. The van der Waals surface area contributed by atoms with Gasteiger partial charge in [-0.15, -0.1) is 16.4 Å². The van der Waals surface area contributed by atoms with Crippen molar-refractivity contribution in [1.29, 1.82) is 0 Å². The van der Waals surface area contributed by atoms with Crippen LogP contribution in [0.1, 0.15) is 10.4 Å². The van der Waals surface area contributed by atoms with E-state index in [2.05, 4.69) is 80.3 Å². The van der Waals surface area contributed by atoms with Crippen molar-refractivity contribution < 1.29 is 0 Å². The highest BCUT2D eigenvalue weighted by Crippen LogP contribution is 2.32. The minimum atomic E-state index is 0.721. The average molecular weight is 404 g/mol. The molecule has 0 atom stereocenters. The second kappa shape index (κ2) is 8.59. The van der Waals surface area contributed by atoms with Gasteiger partial charge in [-0.25, -0.2) is 0 Å². The summed E-state index contributed by atoms with van der Waals surface area (Å²) in [4.78, 5) is 4.64. The Labute approximate surface area is 175 Å². The topological polar surface area (TPSA) is 53.1 Å². The van der Waals surface area contributed by atoms with Gasteiger partial charge in [0.1, 0.15) is 0 Å². The number of hydrogen-bond acceptors (Lipinski definition) is 6. The molecule has 2 aromatic heterocycles. The van der Waals surface area contributed by atoms with Crippen LogP contribution in [-0.2, 0) is 13.1 Å². The van der Waals surface area contributed by atoms with Gasteiger partial charge in [0.15, 0.2) is 5.82 Å². The van der Waals surface area contributed by atoms with Gasteiger partial charge < -0.3 is 15.5 Å². The van der Waals surface area contributed by atoms with Crippen molar-refractivity contribution in [3.8, 4) is 10.4 Å². The predicted molar refractivity (Wildman–Crippen MR) is 124 cm³/mol. The first-order valence-electron chi connectivity index (χ1n) is 9.64. The minimum Gasteiger partial charge on any atom is -0.378 e. The Morgan fingerprint density at radius 1 is 1.00 bits per heavy atom. The molecule has 29 heavy (non-hydrogen) atoms. The minimum absolute atomic E-state index is 0.721. The lowest BCUT2D eigenvalue weighted by atomic mass is 10.1. The molecule has 0 aliphatic carbocycles.